The van der Waals surface area contributed by atoms with Crippen molar-refractivity contribution in [2.24, 2.45) is 12.0 Å². The molecule has 2 heterocycles. The predicted molar refractivity (Wildman–Crippen MR) is 129 cm³/mol. The summed E-state index contributed by atoms with van der Waals surface area (Å²) in [6.07, 6.45) is 0.905. The van der Waals surface area contributed by atoms with Gasteiger partial charge in [0.05, 0.1) is 6.54 Å². The molecule has 0 aromatic carbocycles. The number of hydrogen-bond donors (Lipinski definition) is 2. The Labute approximate surface area is 194 Å². The summed E-state index contributed by atoms with van der Waals surface area (Å²) in [7, 11) is 3.78. The van der Waals surface area contributed by atoms with Crippen LogP contribution < -0.4 is 10.6 Å². The third-order valence-electron chi connectivity index (χ3n) is 4.04. The molecule has 0 aliphatic rings. The second kappa shape index (κ2) is 11.5. The molecule has 2 rings (SSSR count). The molecule has 1 amide bonds. The third-order valence-corrected chi connectivity index (χ3v) is 4.98. The van der Waals surface area contributed by atoms with Crippen molar-refractivity contribution in [3.05, 3.63) is 34.0 Å². The predicted octanol–water partition coefficient (Wildman–Crippen LogP) is 2.34. The number of aliphatic imine (C=N–C) groups is 1. The van der Waals surface area contributed by atoms with Gasteiger partial charge in [0.25, 0.3) is 0 Å². The van der Waals surface area contributed by atoms with Crippen molar-refractivity contribution in [2.75, 3.05) is 20.1 Å². The summed E-state index contributed by atoms with van der Waals surface area (Å²) >= 11 is 1.74. The lowest BCUT2D eigenvalue weighted by atomic mass is 10.1. The molecule has 0 bridgehead atoms. The molecule has 0 fully saturated rings. The standard InChI is InChI=1S/C19H31N7OS.HI/c1-14-23-24-16(26(14)6)12-21-18(20-10-9-15-8-7-11-28-15)25(5)13-17(27)22-19(2,3)4;/h7-8,11H,9-10,12-13H2,1-6H3,(H,20,21)(H,22,27);1H. The monoisotopic (exact) mass is 533 g/mol. The molecule has 162 valence electrons. The van der Waals surface area contributed by atoms with E-state index >= 15 is 0 Å². The molecule has 0 radical (unpaired) electrons. The van der Waals surface area contributed by atoms with Gasteiger partial charge < -0.3 is 20.1 Å². The number of aromatic nitrogens is 3. The minimum atomic E-state index is -0.266. The minimum Gasteiger partial charge on any atom is -0.356 e. The summed E-state index contributed by atoms with van der Waals surface area (Å²) in [4.78, 5) is 20.1. The highest BCUT2D eigenvalue weighted by atomic mass is 127. The van der Waals surface area contributed by atoms with Gasteiger partial charge in [-0.2, -0.15) is 0 Å². The number of halogens is 1. The quantitative estimate of drug-likeness (QED) is 0.324. The summed E-state index contributed by atoms with van der Waals surface area (Å²) < 4.78 is 1.92. The normalized spacial score (nSPS) is 11.7. The Morgan fingerprint density at radius 3 is 2.62 bits per heavy atom. The molecule has 8 nitrogen and oxygen atoms in total. The van der Waals surface area contributed by atoms with Crippen molar-refractivity contribution in [2.45, 2.75) is 46.2 Å². The van der Waals surface area contributed by atoms with Crippen LogP contribution in [-0.4, -0.2) is 57.2 Å². The topological polar surface area (TPSA) is 87.4 Å². The lowest BCUT2D eigenvalue weighted by molar-refractivity contribution is -0.122. The highest BCUT2D eigenvalue weighted by molar-refractivity contribution is 14.0. The zero-order valence-electron chi connectivity index (χ0n) is 18.0. The molecule has 2 aromatic heterocycles. The van der Waals surface area contributed by atoms with Crippen molar-refractivity contribution in [3.63, 3.8) is 0 Å². The van der Waals surface area contributed by atoms with Crippen molar-refractivity contribution in [1.82, 2.24) is 30.3 Å². The third kappa shape index (κ3) is 8.69. The Morgan fingerprint density at radius 2 is 2.07 bits per heavy atom. The second-order valence-corrected chi connectivity index (χ2v) is 8.80. The Bertz CT molecular complexity index is 796. The zero-order valence-corrected chi connectivity index (χ0v) is 21.2. The molecular weight excluding hydrogens is 501 g/mol. The number of carbonyl (C=O) groups excluding carboxylic acids is 1. The number of guanidine groups is 1. The van der Waals surface area contributed by atoms with Gasteiger partial charge in [-0.15, -0.1) is 45.5 Å². The summed E-state index contributed by atoms with van der Waals surface area (Å²) in [5.74, 6) is 2.25. The number of rotatable bonds is 7. The van der Waals surface area contributed by atoms with Crippen LogP contribution in [0.15, 0.2) is 22.5 Å². The van der Waals surface area contributed by atoms with Crippen LogP contribution in [0.25, 0.3) is 0 Å². The molecule has 0 unspecified atom stereocenters. The fourth-order valence-electron chi connectivity index (χ4n) is 2.55. The maximum absolute atomic E-state index is 12.3. The van der Waals surface area contributed by atoms with Gasteiger partial charge in [0.1, 0.15) is 12.4 Å². The van der Waals surface area contributed by atoms with Gasteiger partial charge in [0, 0.05) is 31.1 Å². The fourth-order valence-corrected chi connectivity index (χ4v) is 3.26. The smallest absolute Gasteiger partial charge is 0.240 e. The van der Waals surface area contributed by atoms with E-state index in [1.807, 2.05) is 57.3 Å². The van der Waals surface area contributed by atoms with Gasteiger partial charge in [0.2, 0.25) is 5.91 Å². The lowest BCUT2D eigenvalue weighted by Gasteiger charge is -2.25. The molecule has 0 aliphatic heterocycles. The van der Waals surface area contributed by atoms with E-state index in [-0.39, 0.29) is 42.0 Å². The maximum Gasteiger partial charge on any atom is 0.240 e. The molecule has 0 atom stereocenters. The van der Waals surface area contributed by atoms with E-state index in [0.717, 1.165) is 24.6 Å². The first-order chi connectivity index (χ1) is 13.2. The van der Waals surface area contributed by atoms with Crippen LogP contribution in [-0.2, 0) is 24.8 Å². The van der Waals surface area contributed by atoms with Gasteiger partial charge in [-0.25, -0.2) is 4.99 Å². The van der Waals surface area contributed by atoms with E-state index < -0.39 is 0 Å². The van der Waals surface area contributed by atoms with Crippen molar-refractivity contribution in [3.8, 4) is 0 Å². The second-order valence-electron chi connectivity index (χ2n) is 7.77. The zero-order chi connectivity index (χ0) is 20.7. The first-order valence-corrected chi connectivity index (χ1v) is 10.2. The summed E-state index contributed by atoms with van der Waals surface area (Å²) in [6, 6.07) is 4.17. The highest BCUT2D eigenvalue weighted by Crippen LogP contribution is 2.08. The van der Waals surface area contributed by atoms with Crippen LogP contribution in [0.1, 0.15) is 37.3 Å². The van der Waals surface area contributed by atoms with Crippen molar-refractivity contribution in [1.29, 1.82) is 0 Å². The van der Waals surface area contributed by atoms with Crippen LogP contribution in [0.5, 0.6) is 0 Å². The Hall–Kier alpha value is -1.69. The van der Waals surface area contributed by atoms with Gasteiger partial charge in [0.15, 0.2) is 11.8 Å². The number of likely N-dealkylation sites (N-methyl/N-ethyl adjacent to an activating group) is 1. The van der Waals surface area contributed by atoms with Crippen LogP contribution in [0, 0.1) is 6.92 Å². The van der Waals surface area contributed by atoms with E-state index in [2.05, 4.69) is 37.3 Å². The first kappa shape index (κ1) is 25.3. The Balaban J connectivity index is 0.00000420. The SMILES string of the molecule is Cc1nnc(CN=C(NCCc2cccs2)N(C)CC(=O)NC(C)(C)C)n1C.I. The molecule has 0 aliphatic carbocycles. The number of carbonyl (C=O) groups is 1. The highest BCUT2D eigenvalue weighted by Gasteiger charge is 2.17. The van der Waals surface area contributed by atoms with Crippen molar-refractivity contribution < 1.29 is 4.79 Å². The van der Waals surface area contributed by atoms with E-state index in [1.165, 1.54) is 4.88 Å². The molecule has 2 N–H and O–H groups in total. The molecular formula is C19H32IN7OS. The Morgan fingerprint density at radius 1 is 1.34 bits per heavy atom. The lowest BCUT2D eigenvalue weighted by Crippen LogP contribution is -2.49. The largest absolute Gasteiger partial charge is 0.356 e. The van der Waals surface area contributed by atoms with E-state index in [9.17, 15) is 4.79 Å². The van der Waals surface area contributed by atoms with Crippen molar-refractivity contribution >= 4 is 47.2 Å². The number of amides is 1. The van der Waals surface area contributed by atoms with E-state index in [1.54, 1.807) is 11.3 Å². The van der Waals surface area contributed by atoms with Crippen LogP contribution in [0.2, 0.25) is 0 Å². The van der Waals surface area contributed by atoms with E-state index in [4.69, 9.17) is 0 Å². The average molecular weight is 533 g/mol. The molecule has 0 saturated heterocycles. The molecule has 10 heteroatoms. The number of hydrogen-bond acceptors (Lipinski definition) is 5. The summed E-state index contributed by atoms with van der Waals surface area (Å²) in [5, 5.41) is 16.7. The average Bonchev–Trinajstić information content (AvgIpc) is 3.20. The molecule has 29 heavy (non-hydrogen) atoms. The molecule has 2 aromatic rings. The summed E-state index contributed by atoms with van der Waals surface area (Å²) in [6.45, 7) is 9.16. The molecule has 0 spiro atoms. The number of nitrogens with zero attached hydrogens (tertiary/aromatic N) is 5. The van der Waals surface area contributed by atoms with Gasteiger partial charge >= 0.3 is 0 Å². The summed E-state index contributed by atoms with van der Waals surface area (Å²) in [5.41, 5.74) is -0.266. The van der Waals surface area contributed by atoms with Gasteiger partial charge in [-0.1, -0.05) is 6.07 Å². The molecule has 0 saturated carbocycles. The first-order valence-electron chi connectivity index (χ1n) is 9.33. The number of nitrogens with one attached hydrogen (secondary N) is 2. The Kier molecular flexibility index (Phi) is 10.0. The number of thiophene rings is 1. The minimum absolute atomic E-state index is 0. The van der Waals surface area contributed by atoms with E-state index in [0.29, 0.717) is 12.5 Å². The number of aryl methyl sites for hydroxylation is 1. The fraction of sp³-hybridized carbons (Fsp3) is 0.579. The van der Waals surface area contributed by atoms with Gasteiger partial charge in [-0.3, -0.25) is 4.79 Å². The van der Waals surface area contributed by atoms with Crippen LogP contribution in [0.4, 0.5) is 0 Å². The van der Waals surface area contributed by atoms with Crippen LogP contribution >= 0.6 is 35.3 Å². The van der Waals surface area contributed by atoms with Gasteiger partial charge in [-0.05, 0) is 45.6 Å². The maximum atomic E-state index is 12.3. The van der Waals surface area contributed by atoms with Crippen LogP contribution in [0.3, 0.4) is 0 Å².